The number of amides is 1. The molecule has 0 bridgehead atoms. The highest BCUT2D eigenvalue weighted by molar-refractivity contribution is 9.10. The first-order chi connectivity index (χ1) is 10.1. The van der Waals surface area contributed by atoms with Crippen molar-refractivity contribution in [2.24, 2.45) is 0 Å². The Morgan fingerprint density at radius 1 is 1.38 bits per heavy atom. The maximum absolute atomic E-state index is 12.1. The number of carbonyl (C=O) groups excluding carboxylic acids is 1. The first-order valence-corrected chi connectivity index (χ1v) is 6.89. The number of nitrogens with zero attached hydrogens (tertiary/aromatic N) is 4. The predicted octanol–water partition coefficient (Wildman–Crippen LogP) is 2.92. The van der Waals surface area contributed by atoms with Crippen LogP contribution in [0.2, 0.25) is 5.02 Å². The third kappa shape index (κ3) is 2.81. The van der Waals surface area contributed by atoms with Gasteiger partial charge in [0.2, 0.25) is 0 Å². The van der Waals surface area contributed by atoms with Crippen molar-refractivity contribution in [3.8, 4) is 5.69 Å². The Morgan fingerprint density at radius 2 is 2.24 bits per heavy atom. The van der Waals surface area contributed by atoms with Gasteiger partial charge in [0.15, 0.2) is 4.67 Å². The average molecular weight is 369 g/mol. The van der Waals surface area contributed by atoms with Gasteiger partial charge in [-0.25, -0.2) is 4.68 Å². The lowest BCUT2D eigenvalue weighted by Gasteiger charge is -2.08. The van der Waals surface area contributed by atoms with E-state index in [1.807, 2.05) is 0 Å². The topological polar surface area (TPSA) is 85.8 Å². The van der Waals surface area contributed by atoms with Gasteiger partial charge in [0.05, 0.1) is 28.2 Å². The number of benzene rings is 1. The second kappa shape index (κ2) is 5.66. The summed E-state index contributed by atoms with van der Waals surface area (Å²) in [6.45, 7) is 0. The molecule has 0 aliphatic rings. The van der Waals surface area contributed by atoms with E-state index in [0.29, 0.717) is 26.6 Å². The summed E-state index contributed by atoms with van der Waals surface area (Å²) in [7, 11) is 0. The Hall–Kier alpha value is -2.19. The van der Waals surface area contributed by atoms with Gasteiger partial charge in [0, 0.05) is 0 Å². The highest BCUT2D eigenvalue weighted by atomic mass is 79.9. The van der Waals surface area contributed by atoms with E-state index < -0.39 is 0 Å². The minimum atomic E-state index is -0.341. The molecule has 0 fully saturated rings. The monoisotopic (exact) mass is 367 g/mol. The summed E-state index contributed by atoms with van der Waals surface area (Å²) >= 11 is 9.25. The molecule has 2 aromatic heterocycles. The molecule has 0 radical (unpaired) electrons. The SMILES string of the molecule is O=C(Nc1cc(-n2cnnn2)ccc1Cl)c1ccoc1Br. The van der Waals surface area contributed by atoms with Crippen molar-refractivity contribution < 1.29 is 9.21 Å². The van der Waals surface area contributed by atoms with Crippen LogP contribution >= 0.6 is 27.5 Å². The molecule has 0 spiro atoms. The zero-order valence-electron chi connectivity index (χ0n) is 10.3. The molecule has 2 heterocycles. The highest BCUT2D eigenvalue weighted by Crippen LogP contribution is 2.26. The van der Waals surface area contributed by atoms with Crippen LogP contribution in [0, 0.1) is 0 Å². The number of hydrogen-bond acceptors (Lipinski definition) is 5. The van der Waals surface area contributed by atoms with Crippen molar-refractivity contribution in [1.29, 1.82) is 0 Å². The lowest BCUT2D eigenvalue weighted by atomic mass is 10.2. The van der Waals surface area contributed by atoms with Crippen LogP contribution in [0.5, 0.6) is 0 Å². The van der Waals surface area contributed by atoms with E-state index in [9.17, 15) is 4.79 Å². The van der Waals surface area contributed by atoms with E-state index in [2.05, 4.69) is 36.8 Å². The van der Waals surface area contributed by atoms with Crippen molar-refractivity contribution in [2.45, 2.75) is 0 Å². The fraction of sp³-hybridized carbons (Fsp3) is 0. The second-order valence-electron chi connectivity index (χ2n) is 3.98. The van der Waals surface area contributed by atoms with Gasteiger partial charge in [-0.05, 0) is 50.6 Å². The average Bonchev–Trinajstić information content (AvgIpc) is 3.12. The lowest BCUT2D eigenvalue weighted by molar-refractivity contribution is 0.102. The standard InChI is InChI=1S/C12H7BrClN5O2/c13-11-8(3-4-21-11)12(20)16-10-5-7(1-2-9(10)14)19-6-15-17-18-19/h1-6H,(H,16,20). The molecule has 0 aliphatic carbocycles. The van der Waals surface area contributed by atoms with E-state index in [1.54, 1.807) is 24.3 Å². The smallest absolute Gasteiger partial charge is 0.260 e. The second-order valence-corrected chi connectivity index (χ2v) is 5.11. The van der Waals surface area contributed by atoms with E-state index in [1.165, 1.54) is 17.3 Å². The maximum atomic E-state index is 12.1. The minimum absolute atomic E-state index is 0.341. The van der Waals surface area contributed by atoms with E-state index in [0.717, 1.165) is 0 Å². The lowest BCUT2D eigenvalue weighted by Crippen LogP contribution is -2.12. The zero-order valence-corrected chi connectivity index (χ0v) is 12.7. The number of anilines is 1. The van der Waals surface area contributed by atoms with Gasteiger partial charge in [0.1, 0.15) is 6.33 Å². The summed E-state index contributed by atoms with van der Waals surface area (Å²) in [6.07, 6.45) is 2.86. The summed E-state index contributed by atoms with van der Waals surface area (Å²) < 4.78 is 6.84. The Bertz CT molecular complexity index is 787. The summed E-state index contributed by atoms with van der Waals surface area (Å²) in [4.78, 5) is 12.1. The van der Waals surface area contributed by atoms with Gasteiger partial charge in [-0.15, -0.1) is 5.10 Å². The van der Waals surface area contributed by atoms with Gasteiger partial charge in [-0.3, -0.25) is 4.79 Å². The summed E-state index contributed by atoms with van der Waals surface area (Å²) in [5, 5.41) is 14.0. The quantitative estimate of drug-likeness (QED) is 0.768. The Kier molecular flexibility index (Phi) is 3.72. The number of nitrogens with one attached hydrogen (secondary N) is 1. The number of rotatable bonds is 3. The molecule has 0 saturated carbocycles. The largest absolute Gasteiger partial charge is 0.457 e. The highest BCUT2D eigenvalue weighted by Gasteiger charge is 2.14. The van der Waals surface area contributed by atoms with Crippen LogP contribution in [-0.4, -0.2) is 26.1 Å². The van der Waals surface area contributed by atoms with Crippen LogP contribution in [0.4, 0.5) is 5.69 Å². The van der Waals surface area contributed by atoms with Crippen molar-refractivity contribution in [3.63, 3.8) is 0 Å². The summed E-state index contributed by atoms with van der Waals surface area (Å²) in [5.74, 6) is -0.341. The van der Waals surface area contributed by atoms with Gasteiger partial charge < -0.3 is 9.73 Å². The molecule has 1 N–H and O–H groups in total. The number of carbonyl (C=O) groups is 1. The van der Waals surface area contributed by atoms with Gasteiger partial charge in [-0.2, -0.15) is 0 Å². The van der Waals surface area contributed by atoms with E-state index >= 15 is 0 Å². The molecule has 106 valence electrons. The number of hydrogen-bond donors (Lipinski definition) is 1. The first kappa shape index (κ1) is 13.8. The molecule has 3 rings (SSSR count). The van der Waals surface area contributed by atoms with Crippen molar-refractivity contribution in [1.82, 2.24) is 20.2 Å². The minimum Gasteiger partial charge on any atom is -0.457 e. The van der Waals surface area contributed by atoms with Gasteiger partial charge in [0.25, 0.3) is 5.91 Å². The Labute approximate surface area is 132 Å². The molecule has 0 unspecified atom stereocenters. The maximum Gasteiger partial charge on any atom is 0.260 e. The first-order valence-electron chi connectivity index (χ1n) is 5.72. The van der Waals surface area contributed by atoms with Crippen LogP contribution in [-0.2, 0) is 0 Å². The Balaban J connectivity index is 1.90. The normalized spacial score (nSPS) is 10.6. The third-order valence-electron chi connectivity index (χ3n) is 2.67. The van der Waals surface area contributed by atoms with Crippen LogP contribution in [0.25, 0.3) is 5.69 Å². The molecular formula is C12H7BrClN5O2. The number of furan rings is 1. The van der Waals surface area contributed by atoms with E-state index in [-0.39, 0.29) is 5.91 Å². The van der Waals surface area contributed by atoms with Crippen LogP contribution < -0.4 is 5.32 Å². The van der Waals surface area contributed by atoms with Crippen LogP contribution in [0.3, 0.4) is 0 Å². The molecule has 0 atom stereocenters. The number of halogens is 2. The molecule has 1 aromatic carbocycles. The van der Waals surface area contributed by atoms with Crippen LogP contribution in [0.1, 0.15) is 10.4 Å². The third-order valence-corrected chi connectivity index (χ3v) is 3.62. The van der Waals surface area contributed by atoms with Crippen LogP contribution in [0.15, 0.2) is 45.9 Å². The summed E-state index contributed by atoms with van der Waals surface area (Å²) in [6, 6.07) is 6.61. The molecule has 21 heavy (non-hydrogen) atoms. The van der Waals surface area contributed by atoms with Gasteiger partial charge in [-0.1, -0.05) is 11.6 Å². The summed E-state index contributed by atoms with van der Waals surface area (Å²) in [5.41, 5.74) is 1.49. The fourth-order valence-corrected chi connectivity index (χ4v) is 2.26. The molecule has 7 nitrogen and oxygen atoms in total. The van der Waals surface area contributed by atoms with Crippen molar-refractivity contribution >= 4 is 39.1 Å². The molecule has 0 saturated heterocycles. The molecule has 0 aliphatic heterocycles. The predicted molar refractivity (Wildman–Crippen MR) is 78.5 cm³/mol. The molecular weight excluding hydrogens is 362 g/mol. The fourth-order valence-electron chi connectivity index (χ4n) is 1.68. The molecule has 1 amide bonds. The number of aromatic nitrogens is 4. The van der Waals surface area contributed by atoms with Crippen molar-refractivity contribution in [3.05, 3.63) is 52.1 Å². The number of tetrazole rings is 1. The van der Waals surface area contributed by atoms with E-state index in [4.69, 9.17) is 16.0 Å². The molecule has 9 heteroatoms. The molecule has 3 aromatic rings. The zero-order chi connectivity index (χ0) is 14.8. The van der Waals surface area contributed by atoms with Crippen molar-refractivity contribution in [2.75, 3.05) is 5.32 Å². The van der Waals surface area contributed by atoms with Gasteiger partial charge >= 0.3 is 0 Å². The Morgan fingerprint density at radius 3 is 2.90 bits per heavy atom.